The summed E-state index contributed by atoms with van der Waals surface area (Å²) in [5.41, 5.74) is -0.298. The maximum Gasteiger partial charge on any atom is 0.357 e. The Bertz CT molecular complexity index is 967. The van der Waals surface area contributed by atoms with Gasteiger partial charge < -0.3 is 5.11 Å². The second-order valence-corrected chi connectivity index (χ2v) is 5.33. The molecule has 0 aliphatic heterocycles. The molecular weight excluding hydrogens is 327 g/mol. The van der Waals surface area contributed by atoms with Crippen LogP contribution in [-0.2, 0) is 0 Å². The molecule has 0 saturated carbocycles. The van der Waals surface area contributed by atoms with Crippen molar-refractivity contribution in [2.75, 3.05) is 0 Å². The third-order valence-electron chi connectivity index (χ3n) is 3.16. The highest BCUT2D eigenvalue weighted by Gasteiger charge is 2.16. The van der Waals surface area contributed by atoms with E-state index in [2.05, 4.69) is 5.10 Å². The number of nitrogens with zero attached hydrogens (tertiary/aromatic N) is 2. The summed E-state index contributed by atoms with van der Waals surface area (Å²) in [6.45, 7) is 0. The number of carbonyl (C=O) groups is 1. The van der Waals surface area contributed by atoms with Gasteiger partial charge in [-0.15, -0.1) is 0 Å². The van der Waals surface area contributed by atoms with Gasteiger partial charge in [0.2, 0.25) is 0 Å². The fraction of sp³-hybridized carbons (Fsp3) is 0. The van der Waals surface area contributed by atoms with Crippen LogP contribution in [0.25, 0.3) is 16.5 Å². The van der Waals surface area contributed by atoms with Gasteiger partial charge in [-0.25, -0.2) is 4.79 Å². The highest BCUT2D eigenvalue weighted by Crippen LogP contribution is 2.24. The molecule has 0 fully saturated rings. The molecule has 0 saturated heterocycles. The van der Waals surface area contributed by atoms with Crippen LogP contribution in [0.4, 0.5) is 0 Å². The predicted octanol–water partition coefficient (Wildman–Crippen LogP) is 3.39. The van der Waals surface area contributed by atoms with Crippen molar-refractivity contribution in [1.29, 1.82) is 0 Å². The molecule has 0 radical (unpaired) electrons. The van der Waals surface area contributed by atoms with E-state index in [-0.39, 0.29) is 21.5 Å². The van der Waals surface area contributed by atoms with Crippen molar-refractivity contribution in [3.8, 4) is 5.69 Å². The first-order valence-electron chi connectivity index (χ1n) is 6.20. The molecule has 0 unspecified atom stereocenters. The van der Waals surface area contributed by atoms with E-state index in [9.17, 15) is 14.7 Å². The van der Waals surface area contributed by atoms with Crippen molar-refractivity contribution >= 4 is 39.9 Å². The Morgan fingerprint density at radius 1 is 1.05 bits per heavy atom. The summed E-state index contributed by atoms with van der Waals surface area (Å²) in [5, 5.41) is 14.4. The zero-order chi connectivity index (χ0) is 15.9. The average Bonchev–Trinajstić information content (AvgIpc) is 2.50. The Morgan fingerprint density at radius 3 is 2.36 bits per heavy atom. The molecule has 22 heavy (non-hydrogen) atoms. The molecule has 0 bridgehead atoms. The first kappa shape index (κ1) is 14.6. The Labute approximate surface area is 134 Å². The van der Waals surface area contributed by atoms with Gasteiger partial charge in [-0.1, -0.05) is 41.4 Å². The normalized spacial score (nSPS) is 10.8. The zero-order valence-corrected chi connectivity index (χ0v) is 12.5. The van der Waals surface area contributed by atoms with Crippen LogP contribution in [0, 0.1) is 0 Å². The van der Waals surface area contributed by atoms with E-state index >= 15 is 0 Å². The van der Waals surface area contributed by atoms with Crippen LogP contribution in [-0.4, -0.2) is 20.9 Å². The highest BCUT2D eigenvalue weighted by atomic mass is 35.5. The average molecular weight is 335 g/mol. The van der Waals surface area contributed by atoms with Crippen LogP contribution in [0.3, 0.4) is 0 Å². The summed E-state index contributed by atoms with van der Waals surface area (Å²) in [6, 6.07) is 10.9. The van der Waals surface area contributed by atoms with E-state index in [0.29, 0.717) is 10.7 Å². The number of halogens is 2. The van der Waals surface area contributed by atoms with E-state index < -0.39 is 11.5 Å². The lowest BCUT2D eigenvalue weighted by Crippen LogP contribution is -2.24. The molecule has 3 rings (SSSR count). The van der Waals surface area contributed by atoms with E-state index in [1.807, 2.05) is 0 Å². The Kier molecular flexibility index (Phi) is 3.60. The van der Waals surface area contributed by atoms with Crippen molar-refractivity contribution in [3.63, 3.8) is 0 Å². The number of aromatic carboxylic acids is 1. The van der Waals surface area contributed by atoms with Gasteiger partial charge in [-0.05, 0) is 24.3 Å². The number of carboxylic acid groups (broad SMARTS) is 1. The lowest BCUT2D eigenvalue weighted by molar-refractivity contribution is 0.0691. The molecule has 110 valence electrons. The van der Waals surface area contributed by atoms with Crippen molar-refractivity contribution in [1.82, 2.24) is 9.78 Å². The highest BCUT2D eigenvalue weighted by molar-refractivity contribution is 6.42. The monoisotopic (exact) mass is 334 g/mol. The van der Waals surface area contributed by atoms with Crippen LogP contribution >= 0.6 is 23.2 Å². The Hall–Kier alpha value is -2.37. The van der Waals surface area contributed by atoms with Crippen molar-refractivity contribution in [2.24, 2.45) is 0 Å². The van der Waals surface area contributed by atoms with Crippen LogP contribution in [0.5, 0.6) is 0 Å². The van der Waals surface area contributed by atoms with Gasteiger partial charge in [-0.2, -0.15) is 9.78 Å². The summed E-state index contributed by atoms with van der Waals surface area (Å²) in [5.74, 6) is -1.22. The SMILES string of the molecule is O=C(O)c1nn(-c2ccc(Cl)c(Cl)c2)c(=O)c2ccccc12. The molecule has 0 amide bonds. The molecule has 7 heteroatoms. The van der Waals surface area contributed by atoms with Gasteiger partial charge in [-0.3, -0.25) is 4.79 Å². The fourth-order valence-electron chi connectivity index (χ4n) is 2.14. The molecule has 5 nitrogen and oxygen atoms in total. The molecule has 0 aliphatic rings. The molecule has 3 aromatic rings. The smallest absolute Gasteiger partial charge is 0.357 e. The van der Waals surface area contributed by atoms with Gasteiger partial charge in [0.05, 0.1) is 21.1 Å². The third kappa shape index (κ3) is 2.34. The quantitative estimate of drug-likeness (QED) is 0.779. The number of hydrogen-bond acceptors (Lipinski definition) is 3. The topological polar surface area (TPSA) is 72.2 Å². The first-order valence-corrected chi connectivity index (χ1v) is 6.95. The van der Waals surface area contributed by atoms with Gasteiger partial charge in [0.1, 0.15) is 0 Å². The van der Waals surface area contributed by atoms with Crippen molar-refractivity contribution < 1.29 is 9.90 Å². The third-order valence-corrected chi connectivity index (χ3v) is 3.89. The van der Waals surface area contributed by atoms with Crippen LogP contribution in [0.1, 0.15) is 10.5 Å². The van der Waals surface area contributed by atoms with Crippen LogP contribution in [0.15, 0.2) is 47.3 Å². The Morgan fingerprint density at radius 2 is 1.73 bits per heavy atom. The number of carboxylic acids is 1. The van der Waals surface area contributed by atoms with Crippen molar-refractivity contribution in [3.05, 3.63) is 68.6 Å². The van der Waals surface area contributed by atoms with Crippen molar-refractivity contribution in [2.45, 2.75) is 0 Å². The molecule has 1 aromatic heterocycles. The minimum absolute atomic E-state index is 0.207. The number of hydrogen-bond donors (Lipinski definition) is 1. The largest absolute Gasteiger partial charge is 0.476 e. The second-order valence-electron chi connectivity index (χ2n) is 4.51. The summed E-state index contributed by atoms with van der Waals surface area (Å²) in [7, 11) is 0. The molecule has 0 aliphatic carbocycles. The van der Waals surface area contributed by atoms with Crippen LogP contribution in [0.2, 0.25) is 10.0 Å². The second kappa shape index (κ2) is 5.44. The molecule has 0 atom stereocenters. The van der Waals surface area contributed by atoms with Gasteiger partial charge >= 0.3 is 5.97 Å². The van der Waals surface area contributed by atoms with Gasteiger partial charge in [0.25, 0.3) is 5.56 Å². The summed E-state index contributed by atoms with van der Waals surface area (Å²) in [6.07, 6.45) is 0. The number of benzene rings is 2. The Balaban J connectivity index is 2.39. The van der Waals surface area contributed by atoms with Gasteiger partial charge in [0.15, 0.2) is 5.69 Å². The lowest BCUT2D eigenvalue weighted by Gasteiger charge is -2.09. The minimum Gasteiger partial charge on any atom is -0.476 e. The predicted molar refractivity (Wildman–Crippen MR) is 84.3 cm³/mol. The lowest BCUT2D eigenvalue weighted by atomic mass is 10.1. The van der Waals surface area contributed by atoms with Crippen LogP contribution < -0.4 is 5.56 Å². The minimum atomic E-state index is -1.22. The fourth-order valence-corrected chi connectivity index (χ4v) is 2.43. The number of rotatable bonds is 2. The number of fused-ring (bicyclic) bond motifs is 1. The van der Waals surface area contributed by atoms with E-state index in [4.69, 9.17) is 23.2 Å². The van der Waals surface area contributed by atoms with Gasteiger partial charge in [0, 0.05) is 5.39 Å². The van der Waals surface area contributed by atoms with E-state index in [0.717, 1.165) is 4.68 Å². The molecule has 1 N–H and O–H groups in total. The molecule has 1 heterocycles. The summed E-state index contributed by atoms with van der Waals surface area (Å²) in [4.78, 5) is 23.9. The number of aromatic nitrogens is 2. The maximum atomic E-state index is 12.5. The standard InChI is InChI=1S/C15H8Cl2N2O3/c16-11-6-5-8(7-12(11)17)19-14(20)10-4-2-1-3-9(10)13(18-19)15(21)22/h1-7H,(H,21,22). The maximum absolute atomic E-state index is 12.5. The van der Waals surface area contributed by atoms with E-state index in [1.165, 1.54) is 12.1 Å². The molecular formula is C15H8Cl2N2O3. The van der Waals surface area contributed by atoms with E-state index in [1.54, 1.807) is 30.3 Å². The summed E-state index contributed by atoms with van der Waals surface area (Å²) >= 11 is 11.8. The zero-order valence-electron chi connectivity index (χ0n) is 11.0. The molecule has 0 spiro atoms. The summed E-state index contributed by atoms with van der Waals surface area (Å²) < 4.78 is 1.01. The molecule has 2 aromatic carbocycles. The first-order chi connectivity index (χ1) is 10.5.